The molecule has 1 fully saturated rings. The molecule has 0 bridgehead atoms. The highest BCUT2D eigenvalue weighted by Gasteiger charge is 2.26. The third-order valence-corrected chi connectivity index (χ3v) is 4.44. The van der Waals surface area contributed by atoms with E-state index in [4.69, 9.17) is 4.74 Å². The molecule has 0 unspecified atom stereocenters. The fourth-order valence-corrected chi connectivity index (χ4v) is 3.08. The maximum absolute atomic E-state index is 10.3. The highest BCUT2D eigenvalue weighted by atomic mass is 16.5. The Morgan fingerprint density at radius 3 is 2.86 bits per heavy atom. The van der Waals surface area contributed by atoms with Crippen LogP contribution in [0.2, 0.25) is 0 Å². The zero-order chi connectivity index (χ0) is 14.8. The van der Waals surface area contributed by atoms with Crippen molar-refractivity contribution in [2.45, 2.75) is 45.8 Å². The number of hydrogen-bond donors (Lipinski definition) is 1. The van der Waals surface area contributed by atoms with Crippen LogP contribution in [-0.4, -0.2) is 29.7 Å². The molecule has 0 spiro atoms. The first-order valence-electron chi connectivity index (χ1n) is 8.28. The van der Waals surface area contributed by atoms with Crippen molar-refractivity contribution in [2.75, 3.05) is 19.7 Å². The fraction of sp³-hybridized carbons (Fsp3) is 0.667. The van der Waals surface area contributed by atoms with Gasteiger partial charge in [-0.05, 0) is 48.8 Å². The number of rotatable bonds is 5. The van der Waals surface area contributed by atoms with Crippen LogP contribution >= 0.6 is 0 Å². The Labute approximate surface area is 127 Å². The van der Waals surface area contributed by atoms with Crippen LogP contribution in [0.25, 0.3) is 0 Å². The van der Waals surface area contributed by atoms with Gasteiger partial charge in [0, 0.05) is 25.2 Å². The summed E-state index contributed by atoms with van der Waals surface area (Å²) in [4.78, 5) is 2.50. The van der Waals surface area contributed by atoms with Gasteiger partial charge in [0.05, 0.1) is 6.10 Å². The minimum Gasteiger partial charge on any atom is -0.492 e. The summed E-state index contributed by atoms with van der Waals surface area (Å²) in [6.07, 6.45) is 3.22. The molecule has 1 atom stereocenters. The number of aliphatic hydroxyl groups is 1. The van der Waals surface area contributed by atoms with E-state index in [9.17, 15) is 5.11 Å². The molecule has 2 aliphatic rings. The van der Waals surface area contributed by atoms with Crippen LogP contribution < -0.4 is 4.74 Å². The minimum atomic E-state index is -0.365. The van der Waals surface area contributed by atoms with Crippen molar-refractivity contribution >= 4 is 0 Å². The number of nitrogens with zero attached hydrogens (tertiary/aromatic N) is 1. The van der Waals surface area contributed by atoms with Gasteiger partial charge in [-0.2, -0.15) is 0 Å². The van der Waals surface area contributed by atoms with Crippen molar-refractivity contribution in [1.82, 2.24) is 4.90 Å². The molecule has 116 valence electrons. The van der Waals surface area contributed by atoms with Crippen molar-refractivity contribution in [1.29, 1.82) is 0 Å². The summed E-state index contributed by atoms with van der Waals surface area (Å²) in [5.41, 5.74) is 2.26. The molecule has 1 aromatic rings. The first-order chi connectivity index (χ1) is 10.1. The van der Waals surface area contributed by atoms with Gasteiger partial charge < -0.3 is 9.84 Å². The van der Waals surface area contributed by atoms with Crippen LogP contribution in [0.4, 0.5) is 0 Å². The van der Waals surface area contributed by atoms with Crippen molar-refractivity contribution < 1.29 is 9.84 Å². The van der Waals surface area contributed by atoms with Crippen LogP contribution in [0.5, 0.6) is 5.75 Å². The van der Waals surface area contributed by atoms with Crippen molar-refractivity contribution in [3.63, 3.8) is 0 Å². The Hall–Kier alpha value is -1.06. The standard InChI is InChI=1S/C18H27NO2/c1-13(2)9-17(20)15-5-6-18-16(10-15)12-19(7-8-21-18)11-14-3-4-14/h5-6,10,13-14,17,20H,3-4,7-9,11-12H2,1-2H3/t17-/m1/s1. The van der Waals surface area contributed by atoms with E-state index in [-0.39, 0.29) is 6.10 Å². The summed E-state index contributed by atoms with van der Waals surface area (Å²) in [6, 6.07) is 6.20. The number of ether oxygens (including phenoxy) is 1. The van der Waals surface area contributed by atoms with E-state index in [0.29, 0.717) is 5.92 Å². The van der Waals surface area contributed by atoms with Crippen LogP contribution in [0, 0.1) is 11.8 Å². The van der Waals surface area contributed by atoms with Gasteiger partial charge in [-0.15, -0.1) is 0 Å². The van der Waals surface area contributed by atoms with E-state index < -0.39 is 0 Å². The lowest BCUT2D eigenvalue weighted by Gasteiger charge is -2.20. The van der Waals surface area contributed by atoms with Gasteiger partial charge in [0.2, 0.25) is 0 Å². The third-order valence-electron chi connectivity index (χ3n) is 4.44. The maximum atomic E-state index is 10.3. The highest BCUT2D eigenvalue weighted by Crippen LogP contribution is 2.33. The molecule has 1 N–H and O–H groups in total. The van der Waals surface area contributed by atoms with E-state index in [2.05, 4.69) is 24.8 Å². The SMILES string of the molecule is CC(C)C[C@@H](O)c1ccc2c(c1)CN(CC1CC1)CCO2. The predicted octanol–water partition coefficient (Wildman–Crippen LogP) is 3.37. The Balaban J connectivity index is 1.74. The lowest BCUT2D eigenvalue weighted by atomic mass is 9.97. The normalized spacial score (nSPS) is 20.8. The summed E-state index contributed by atoms with van der Waals surface area (Å²) in [6.45, 7) is 8.22. The highest BCUT2D eigenvalue weighted by molar-refractivity contribution is 5.38. The first kappa shape index (κ1) is 14.9. The third kappa shape index (κ3) is 3.98. The Morgan fingerprint density at radius 2 is 2.14 bits per heavy atom. The molecule has 3 rings (SSSR count). The van der Waals surface area contributed by atoms with Crippen LogP contribution in [0.3, 0.4) is 0 Å². The maximum Gasteiger partial charge on any atom is 0.123 e. The Morgan fingerprint density at radius 1 is 1.33 bits per heavy atom. The molecule has 1 saturated carbocycles. The van der Waals surface area contributed by atoms with Crippen molar-refractivity contribution in [2.24, 2.45) is 11.8 Å². The number of hydrogen-bond acceptors (Lipinski definition) is 3. The average Bonchev–Trinajstić information content (AvgIpc) is 3.24. The van der Waals surface area contributed by atoms with E-state index in [0.717, 1.165) is 43.3 Å². The molecule has 1 heterocycles. The Bertz CT molecular complexity index is 482. The number of aliphatic hydroxyl groups excluding tert-OH is 1. The summed E-state index contributed by atoms with van der Waals surface area (Å²) in [7, 11) is 0. The molecule has 3 heteroatoms. The van der Waals surface area contributed by atoms with E-state index >= 15 is 0 Å². The summed E-state index contributed by atoms with van der Waals surface area (Å²) < 4.78 is 5.87. The van der Waals surface area contributed by atoms with Gasteiger partial charge >= 0.3 is 0 Å². The molecule has 21 heavy (non-hydrogen) atoms. The molecule has 0 amide bonds. The topological polar surface area (TPSA) is 32.7 Å². The first-order valence-corrected chi connectivity index (χ1v) is 8.28. The minimum absolute atomic E-state index is 0.365. The smallest absolute Gasteiger partial charge is 0.123 e. The molecule has 0 saturated heterocycles. The second kappa shape index (κ2) is 6.37. The number of benzene rings is 1. The van der Waals surface area contributed by atoms with Crippen LogP contribution in [0.1, 0.15) is 50.3 Å². The van der Waals surface area contributed by atoms with Gasteiger partial charge in [0.15, 0.2) is 0 Å². The van der Waals surface area contributed by atoms with Crippen LogP contribution in [-0.2, 0) is 6.54 Å². The molecular formula is C18H27NO2. The quantitative estimate of drug-likeness (QED) is 0.902. The lowest BCUT2D eigenvalue weighted by molar-refractivity contribution is 0.151. The van der Waals surface area contributed by atoms with E-state index in [1.54, 1.807) is 0 Å². The van der Waals surface area contributed by atoms with Gasteiger partial charge in [0.1, 0.15) is 12.4 Å². The van der Waals surface area contributed by atoms with E-state index in [1.165, 1.54) is 24.9 Å². The van der Waals surface area contributed by atoms with Crippen molar-refractivity contribution in [3.05, 3.63) is 29.3 Å². The summed E-state index contributed by atoms with van der Waals surface area (Å²) >= 11 is 0. The van der Waals surface area contributed by atoms with Crippen LogP contribution in [0.15, 0.2) is 18.2 Å². The molecule has 1 aliphatic heterocycles. The average molecular weight is 289 g/mol. The van der Waals surface area contributed by atoms with Crippen molar-refractivity contribution in [3.8, 4) is 5.75 Å². The Kier molecular flexibility index (Phi) is 4.51. The molecule has 0 radical (unpaired) electrons. The van der Waals surface area contributed by atoms with Gasteiger partial charge in [-0.3, -0.25) is 4.90 Å². The molecule has 1 aromatic carbocycles. The predicted molar refractivity (Wildman–Crippen MR) is 84.4 cm³/mol. The van der Waals surface area contributed by atoms with Gasteiger partial charge in [-0.25, -0.2) is 0 Å². The fourth-order valence-electron chi connectivity index (χ4n) is 3.08. The summed E-state index contributed by atoms with van der Waals surface area (Å²) in [5, 5.41) is 10.3. The molecule has 3 nitrogen and oxygen atoms in total. The second-order valence-electron chi connectivity index (χ2n) is 7.04. The molecule has 0 aromatic heterocycles. The summed E-state index contributed by atoms with van der Waals surface area (Å²) in [5.74, 6) is 2.40. The van der Waals surface area contributed by atoms with Gasteiger partial charge in [-0.1, -0.05) is 19.9 Å². The second-order valence-corrected chi connectivity index (χ2v) is 7.04. The lowest BCUT2D eigenvalue weighted by Crippen LogP contribution is -2.27. The monoisotopic (exact) mass is 289 g/mol. The van der Waals surface area contributed by atoms with E-state index in [1.807, 2.05) is 12.1 Å². The zero-order valence-electron chi connectivity index (χ0n) is 13.2. The molecule has 1 aliphatic carbocycles. The molecular weight excluding hydrogens is 262 g/mol. The zero-order valence-corrected chi connectivity index (χ0v) is 13.2. The van der Waals surface area contributed by atoms with Gasteiger partial charge in [0.25, 0.3) is 0 Å². The largest absolute Gasteiger partial charge is 0.492 e. The number of fused-ring (bicyclic) bond motifs is 1.